The quantitative estimate of drug-likeness (QED) is 0.607. The second kappa shape index (κ2) is 5.89. The molecule has 0 aliphatic carbocycles. The monoisotopic (exact) mass is 157 g/mol. The Bertz CT molecular complexity index is 132. The van der Waals surface area contributed by atoms with Crippen molar-refractivity contribution in [1.82, 2.24) is 5.32 Å². The Balaban J connectivity index is 3.24. The summed E-state index contributed by atoms with van der Waals surface area (Å²) in [4.78, 5) is 20.5. The molecule has 3 heteroatoms. The van der Waals surface area contributed by atoms with Gasteiger partial charge in [-0.1, -0.05) is 20.3 Å². The highest BCUT2D eigenvalue weighted by Crippen LogP contribution is 2.05. The highest BCUT2D eigenvalue weighted by atomic mass is 16.2. The van der Waals surface area contributed by atoms with Gasteiger partial charge in [0.15, 0.2) is 0 Å². The lowest BCUT2D eigenvalue weighted by Crippen LogP contribution is -2.20. The van der Waals surface area contributed by atoms with Gasteiger partial charge in [0, 0.05) is 6.42 Å². The maximum absolute atomic E-state index is 10.7. The van der Waals surface area contributed by atoms with Gasteiger partial charge in [-0.2, -0.15) is 0 Å². The van der Waals surface area contributed by atoms with Gasteiger partial charge < -0.3 is 0 Å². The standard InChI is InChI=1S/C8H15NO2/c1-7(2)4-3-5-8(11)9-6-10/h6-7H,3-5H2,1-2H3,(H,9,10,11). The van der Waals surface area contributed by atoms with Crippen molar-refractivity contribution >= 4 is 12.3 Å². The minimum Gasteiger partial charge on any atom is -0.299 e. The van der Waals surface area contributed by atoms with Crippen molar-refractivity contribution in [2.24, 2.45) is 5.92 Å². The summed E-state index contributed by atoms with van der Waals surface area (Å²) < 4.78 is 0. The van der Waals surface area contributed by atoms with Crippen molar-refractivity contribution in [1.29, 1.82) is 0 Å². The Kier molecular flexibility index (Phi) is 5.43. The average molecular weight is 157 g/mol. The topological polar surface area (TPSA) is 46.2 Å². The Labute approximate surface area is 67.2 Å². The van der Waals surface area contributed by atoms with Crippen LogP contribution in [-0.4, -0.2) is 12.3 Å². The molecule has 11 heavy (non-hydrogen) atoms. The molecule has 0 fully saturated rings. The molecule has 2 amide bonds. The number of nitrogens with one attached hydrogen (secondary N) is 1. The fourth-order valence-electron chi connectivity index (χ4n) is 0.809. The lowest BCUT2D eigenvalue weighted by atomic mass is 10.1. The number of amides is 2. The van der Waals surface area contributed by atoms with Crippen LogP contribution in [0.2, 0.25) is 0 Å². The smallest absolute Gasteiger partial charge is 0.226 e. The molecule has 3 nitrogen and oxygen atoms in total. The first-order chi connectivity index (χ1) is 5.16. The number of carbonyl (C=O) groups excluding carboxylic acids is 2. The zero-order valence-electron chi connectivity index (χ0n) is 7.09. The normalized spacial score (nSPS) is 9.73. The maximum Gasteiger partial charge on any atom is 0.226 e. The predicted octanol–water partition coefficient (Wildman–Crippen LogP) is 1.09. The van der Waals surface area contributed by atoms with Gasteiger partial charge in [-0.15, -0.1) is 0 Å². The molecule has 64 valence electrons. The van der Waals surface area contributed by atoms with Crippen LogP contribution < -0.4 is 5.32 Å². The molecular weight excluding hydrogens is 142 g/mol. The zero-order valence-corrected chi connectivity index (χ0v) is 7.09. The summed E-state index contributed by atoms with van der Waals surface area (Å²) in [6.07, 6.45) is 2.78. The van der Waals surface area contributed by atoms with Crippen molar-refractivity contribution in [2.45, 2.75) is 33.1 Å². The van der Waals surface area contributed by atoms with Crippen LogP contribution in [0.1, 0.15) is 33.1 Å². The van der Waals surface area contributed by atoms with Crippen LogP contribution in [0.3, 0.4) is 0 Å². The summed E-state index contributed by atoms with van der Waals surface area (Å²) >= 11 is 0. The van der Waals surface area contributed by atoms with E-state index in [1.54, 1.807) is 0 Å². The molecule has 0 atom stereocenters. The van der Waals surface area contributed by atoms with Gasteiger partial charge in [0.2, 0.25) is 12.3 Å². The number of hydrogen-bond acceptors (Lipinski definition) is 2. The molecule has 0 aromatic rings. The van der Waals surface area contributed by atoms with E-state index in [9.17, 15) is 9.59 Å². The van der Waals surface area contributed by atoms with Gasteiger partial charge in [-0.25, -0.2) is 0 Å². The number of hydrogen-bond donors (Lipinski definition) is 1. The molecule has 0 aliphatic rings. The van der Waals surface area contributed by atoms with E-state index in [2.05, 4.69) is 19.2 Å². The molecule has 0 aromatic heterocycles. The number of carbonyl (C=O) groups is 2. The van der Waals surface area contributed by atoms with E-state index in [0.717, 1.165) is 12.8 Å². The molecule has 0 saturated heterocycles. The van der Waals surface area contributed by atoms with Crippen LogP contribution in [0.25, 0.3) is 0 Å². The Morgan fingerprint density at radius 3 is 2.64 bits per heavy atom. The fourth-order valence-corrected chi connectivity index (χ4v) is 0.809. The molecule has 0 saturated carbocycles. The van der Waals surface area contributed by atoms with E-state index in [1.165, 1.54) is 0 Å². The van der Waals surface area contributed by atoms with Gasteiger partial charge in [0.05, 0.1) is 0 Å². The molecule has 0 aliphatic heterocycles. The second-order valence-electron chi connectivity index (χ2n) is 2.97. The van der Waals surface area contributed by atoms with Crippen molar-refractivity contribution in [3.8, 4) is 0 Å². The lowest BCUT2D eigenvalue weighted by Gasteiger charge is -2.01. The Morgan fingerprint density at radius 1 is 1.55 bits per heavy atom. The van der Waals surface area contributed by atoms with Gasteiger partial charge in [0.1, 0.15) is 0 Å². The van der Waals surface area contributed by atoms with E-state index in [4.69, 9.17) is 0 Å². The van der Waals surface area contributed by atoms with Crippen LogP contribution in [0.5, 0.6) is 0 Å². The van der Waals surface area contributed by atoms with E-state index >= 15 is 0 Å². The lowest BCUT2D eigenvalue weighted by molar-refractivity contribution is -0.125. The second-order valence-corrected chi connectivity index (χ2v) is 2.97. The molecule has 0 unspecified atom stereocenters. The van der Waals surface area contributed by atoms with Crippen LogP contribution in [0, 0.1) is 5.92 Å². The first-order valence-electron chi connectivity index (χ1n) is 3.90. The number of rotatable bonds is 5. The molecule has 0 rings (SSSR count). The van der Waals surface area contributed by atoms with Gasteiger partial charge >= 0.3 is 0 Å². The van der Waals surface area contributed by atoms with E-state index in [0.29, 0.717) is 18.7 Å². The van der Waals surface area contributed by atoms with Crippen molar-refractivity contribution in [3.63, 3.8) is 0 Å². The van der Waals surface area contributed by atoms with E-state index in [-0.39, 0.29) is 5.91 Å². The predicted molar refractivity (Wildman–Crippen MR) is 42.9 cm³/mol. The molecule has 0 bridgehead atoms. The first kappa shape index (κ1) is 10.1. The summed E-state index contributed by atoms with van der Waals surface area (Å²) in [5.74, 6) is 0.444. The molecule has 0 heterocycles. The Morgan fingerprint density at radius 2 is 2.18 bits per heavy atom. The highest BCUT2D eigenvalue weighted by molar-refractivity contribution is 5.85. The summed E-state index contributed by atoms with van der Waals surface area (Å²) in [5, 5.41) is 2.10. The van der Waals surface area contributed by atoms with Crippen LogP contribution >= 0.6 is 0 Å². The van der Waals surface area contributed by atoms with Crippen molar-refractivity contribution < 1.29 is 9.59 Å². The highest BCUT2D eigenvalue weighted by Gasteiger charge is 1.99. The van der Waals surface area contributed by atoms with Gasteiger partial charge in [-0.05, 0) is 12.3 Å². The summed E-state index contributed by atoms with van der Waals surface area (Å²) in [6, 6.07) is 0. The molecule has 0 spiro atoms. The summed E-state index contributed by atoms with van der Waals surface area (Å²) in [5.41, 5.74) is 0. The molecule has 1 N–H and O–H groups in total. The zero-order chi connectivity index (χ0) is 8.69. The maximum atomic E-state index is 10.7. The Hall–Kier alpha value is -0.860. The SMILES string of the molecule is CC(C)CCCC(=O)NC=O. The third-order valence-electron chi connectivity index (χ3n) is 1.41. The van der Waals surface area contributed by atoms with Crippen molar-refractivity contribution in [3.05, 3.63) is 0 Å². The molecule has 0 aromatic carbocycles. The summed E-state index contributed by atoms with van der Waals surface area (Å²) in [6.45, 7) is 4.22. The van der Waals surface area contributed by atoms with Gasteiger partial charge in [0.25, 0.3) is 0 Å². The van der Waals surface area contributed by atoms with Crippen LogP contribution in [0.4, 0.5) is 0 Å². The van der Waals surface area contributed by atoms with Crippen LogP contribution in [-0.2, 0) is 9.59 Å². The molecule has 0 radical (unpaired) electrons. The minimum absolute atomic E-state index is 0.180. The third kappa shape index (κ3) is 7.03. The van der Waals surface area contributed by atoms with E-state index < -0.39 is 0 Å². The molecular formula is C8H15NO2. The first-order valence-corrected chi connectivity index (χ1v) is 3.90. The third-order valence-corrected chi connectivity index (χ3v) is 1.41. The number of imide groups is 1. The van der Waals surface area contributed by atoms with Crippen molar-refractivity contribution in [2.75, 3.05) is 0 Å². The fraction of sp³-hybridized carbons (Fsp3) is 0.750. The minimum atomic E-state index is -0.180. The largest absolute Gasteiger partial charge is 0.299 e. The van der Waals surface area contributed by atoms with Crippen LogP contribution in [0.15, 0.2) is 0 Å². The van der Waals surface area contributed by atoms with Gasteiger partial charge in [-0.3, -0.25) is 14.9 Å². The summed E-state index contributed by atoms with van der Waals surface area (Å²) in [7, 11) is 0. The average Bonchev–Trinajstić information content (AvgIpc) is 1.87. The van der Waals surface area contributed by atoms with E-state index in [1.807, 2.05) is 0 Å².